The van der Waals surface area contributed by atoms with Crippen LogP contribution in [0.4, 0.5) is 0 Å². The summed E-state index contributed by atoms with van der Waals surface area (Å²) in [7, 11) is -1.55. The lowest BCUT2D eigenvalue weighted by atomic mass is 10.1. The van der Waals surface area contributed by atoms with E-state index in [1.165, 1.54) is 6.26 Å². The lowest BCUT2D eigenvalue weighted by Crippen LogP contribution is -2.39. The minimum absolute atomic E-state index is 0. The van der Waals surface area contributed by atoms with Gasteiger partial charge in [0.2, 0.25) is 5.91 Å². The van der Waals surface area contributed by atoms with Crippen LogP contribution in [0.5, 0.6) is 0 Å². The van der Waals surface area contributed by atoms with E-state index in [-0.39, 0.29) is 29.9 Å². The number of hydrogen-bond donors (Lipinski definition) is 3. The highest BCUT2D eigenvalue weighted by molar-refractivity contribution is 14.0. The van der Waals surface area contributed by atoms with Gasteiger partial charge < -0.3 is 16.0 Å². The second-order valence-electron chi connectivity index (χ2n) is 5.82. The number of sulfone groups is 1. The zero-order valence-corrected chi connectivity index (χ0v) is 18.9. The Labute approximate surface area is 173 Å². The van der Waals surface area contributed by atoms with E-state index in [1.54, 1.807) is 26.1 Å². The molecule has 1 aromatic carbocycles. The number of nitrogens with one attached hydrogen (secondary N) is 3. The second-order valence-corrected chi connectivity index (χ2v) is 7.81. The molecule has 0 fully saturated rings. The number of aryl methyl sites for hydroxylation is 1. The van der Waals surface area contributed by atoms with Gasteiger partial charge in [-0.3, -0.25) is 9.79 Å². The molecule has 0 aliphatic rings. The third kappa shape index (κ3) is 8.84. The van der Waals surface area contributed by atoms with E-state index in [9.17, 15) is 13.2 Å². The standard InChI is InChI=1S/C17H28N4O3S.HI/c1-5-9-19-16(22)8-10-20-17(18-3)21-12-14-6-7-15(13(2)11-14)25(4,23)24;/h6-7,11H,5,8-10,12H2,1-4H3,(H,19,22)(H2,18,20,21);1H. The van der Waals surface area contributed by atoms with E-state index in [0.717, 1.165) is 17.5 Å². The normalized spacial score (nSPS) is 11.5. The summed E-state index contributed by atoms with van der Waals surface area (Å²) < 4.78 is 23.3. The van der Waals surface area contributed by atoms with Gasteiger partial charge >= 0.3 is 0 Å². The number of benzene rings is 1. The predicted octanol–water partition coefficient (Wildman–Crippen LogP) is 1.60. The van der Waals surface area contributed by atoms with Crippen molar-refractivity contribution in [1.82, 2.24) is 16.0 Å². The van der Waals surface area contributed by atoms with Crippen molar-refractivity contribution in [1.29, 1.82) is 0 Å². The van der Waals surface area contributed by atoms with E-state index in [1.807, 2.05) is 13.0 Å². The Kier molecular flexibility index (Phi) is 11.5. The fourth-order valence-corrected chi connectivity index (χ4v) is 3.25. The molecule has 1 amide bonds. The van der Waals surface area contributed by atoms with Crippen molar-refractivity contribution in [2.45, 2.75) is 38.1 Å². The van der Waals surface area contributed by atoms with E-state index >= 15 is 0 Å². The molecule has 1 rings (SSSR count). The van der Waals surface area contributed by atoms with Crippen LogP contribution in [0.2, 0.25) is 0 Å². The molecule has 148 valence electrons. The van der Waals surface area contributed by atoms with E-state index in [4.69, 9.17) is 0 Å². The summed E-state index contributed by atoms with van der Waals surface area (Å²) in [5.41, 5.74) is 1.67. The molecule has 0 spiro atoms. The number of nitrogens with zero attached hydrogens (tertiary/aromatic N) is 1. The van der Waals surface area contributed by atoms with Gasteiger partial charge in [-0.2, -0.15) is 0 Å². The Balaban J connectivity index is 0.00000625. The molecular formula is C17H29IN4O3S. The number of rotatable bonds is 8. The third-order valence-electron chi connectivity index (χ3n) is 3.54. The van der Waals surface area contributed by atoms with E-state index in [2.05, 4.69) is 20.9 Å². The monoisotopic (exact) mass is 496 g/mol. The Morgan fingerprint density at radius 1 is 1.15 bits per heavy atom. The summed E-state index contributed by atoms with van der Waals surface area (Å²) in [6.45, 7) is 5.47. The van der Waals surface area contributed by atoms with Crippen molar-refractivity contribution >= 4 is 45.7 Å². The molecule has 3 N–H and O–H groups in total. The number of carbonyl (C=O) groups is 1. The first-order valence-corrected chi connectivity index (χ1v) is 10.2. The number of carbonyl (C=O) groups excluding carboxylic acids is 1. The fraction of sp³-hybridized carbons (Fsp3) is 0.529. The lowest BCUT2D eigenvalue weighted by Gasteiger charge is -2.13. The number of aliphatic imine (C=N–C) groups is 1. The Morgan fingerprint density at radius 3 is 2.38 bits per heavy atom. The largest absolute Gasteiger partial charge is 0.356 e. The van der Waals surface area contributed by atoms with Crippen LogP contribution in [0.25, 0.3) is 0 Å². The third-order valence-corrected chi connectivity index (χ3v) is 4.80. The molecule has 0 unspecified atom stereocenters. The smallest absolute Gasteiger partial charge is 0.221 e. The minimum atomic E-state index is -3.21. The maximum Gasteiger partial charge on any atom is 0.221 e. The number of hydrogen-bond acceptors (Lipinski definition) is 4. The highest BCUT2D eigenvalue weighted by Gasteiger charge is 2.11. The molecule has 0 heterocycles. The van der Waals surface area contributed by atoms with Gasteiger partial charge in [-0.25, -0.2) is 8.42 Å². The molecule has 0 aromatic heterocycles. The summed E-state index contributed by atoms with van der Waals surface area (Å²) in [6, 6.07) is 5.24. The minimum Gasteiger partial charge on any atom is -0.356 e. The topological polar surface area (TPSA) is 99.7 Å². The van der Waals surface area contributed by atoms with Crippen molar-refractivity contribution in [3.63, 3.8) is 0 Å². The maximum absolute atomic E-state index is 11.6. The fourth-order valence-electron chi connectivity index (χ4n) is 2.29. The summed E-state index contributed by atoms with van der Waals surface area (Å²) >= 11 is 0. The predicted molar refractivity (Wildman–Crippen MR) is 116 cm³/mol. The molecule has 7 nitrogen and oxygen atoms in total. The average molecular weight is 496 g/mol. The molecule has 0 atom stereocenters. The van der Waals surface area contributed by atoms with Gasteiger partial charge in [0.1, 0.15) is 0 Å². The Morgan fingerprint density at radius 2 is 1.85 bits per heavy atom. The average Bonchev–Trinajstić information content (AvgIpc) is 2.54. The first-order chi connectivity index (χ1) is 11.8. The molecule has 0 aliphatic heterocycles. The maximum atomic E-state index is 11.6. The quantitative estimate of drug-likeness (QED) is 0.289. The molecule has 9 heteroatoms. The molecular weight excluding hydrogens is 467 g/mol. The van der Waals surface area contributed by atoms with Gasteiger partial charge in [-0.1, -0.05) is 19.1 Å². The van der Waals surface area contributed by atoms with Crippen LogP contribution in [0.15, 0.2) is 28.1 Å². The van der Waals surface area contributed by atoms with Gasteiger partial charge in [0, 0.05) is 39.4 Å². The summed E-state index contributed by atoms with van der Waals surface area (Å²) in [6.07, 6.45) is 2.50. The van der Waals surface area contributed by atoms with Crippen LogP contribution in [-0.2, 0) is 21.2 Å². The molecule has 0 radical (unpaired) electrons. The summed E-state index contributed by atoms with van der Waals surface area (Å²) in [4.78, 5) is 16.0. The van der Waals surface area contributed by atoms with E-state index in [0.29, 0.717) is 36.9 Å². The lowest BCUT2D eigenvalue weighted by molar-refractivity contribution is -0.120. The van der Waals surface area contributed by atoms with Gasteiger partial charge in [0.15, 0.2) is 15.8 Å². The van der Waals surface area contributed by atoms with Gasteiger partial charge in [-0.05, 0) is 30.5 Å². The van der Waals surface area contributed by atoms with Crippen molar-refractivity contribution < 1.29 is 13.2 Å². The summed E-state index contributed by atoms with van der Waals surface area (Å²) in [5.74, 6) is 0.602. The van der Waals surface area contributed by atoms with Crippen LogP contribution in [0, 0.1) is 6.92 Å². The first-order valence-electron chi connectivity index (χ1n) is 8.28. The molecule has 1 aromatic rings. The van der Waals surface area contributed by atoms with Gasteiger partial charge in [-0.15, -0.1) is 24.0 Å². The Hall–Kier alpha value is -1.36. The van der Waals surface area contributed by atoms with Gasteiger partial charge in [0.05, 0.1) is 4.90 Å². The molecule has 26 heavy (non-hydrogen) atoms. The zero-order valence-electron chi connectivity index (χ0n) is 15.8. The Bertz CT molecular complexity index is 721. The van der Waals surface area contributed by atoms with Gasteiger partial charge in [0.25, 0.3) is 0 Å². The van der Waals surface area contributed by atoms with Crippen LogP contribution in [-0.4, -0.2) is 46.7 Å². The second kappa shape index (κ2) is 12.1. The van der Waals surface area contributed by atoms with Crippen molar-refractivity contribution in [2.75, 3.05) is 26.4 Å². The molecule has 0 aliphatic carbocycles. The molecule has 0 saturated carbocycles. The summed E-state index contributed by atoms with van der Waals surface area (Å²) in [5, 5.41) is 9.04. The van der Waals surface area contributed by atoms with Crippen molar-refractivity contribution in [2.24, 2.45) is 4.99 Å². The molecule has 0 saturated heterocycles. The van der Waals surface area contributed by atoms with Crippen LogP contribution >= 0.6 is 24.0 Å². The van der Waals surface area contributed by atoms with Crippen LogP contribution in [0.1, 0.15) is 30.9 Å². The zero-order chi connectivity index (χ0) is 18.9. The first kappa shape index (κ1) is 24.6. The number of guanidine groups is 1. The van der Waals surface area contributed by atoms with E-state index < -0.39 is 9.84 Å². The number of amides is 1. The van der Waals surface area contributed by atoms with Crippen LogP contribution in [0.3, 0.4) is 0 Å². The number of halogens is 1. The van der Waals surface area contributed by atoms with Crippen molar-refractivity contribution in [3.05, 3.63) is 29.3 Å². The van der Waals surface area contributed by atoms with Crippen molar-refractivity contribution in [3.8, 4) is 0 Å². The highest BCUT2D eigenvalue weighted by Crippen LogP contribution is 2.16. The SMILES string of the molecule is CCCNC(=O)CCNC(=NC)NCc1ccc(S(C)(=O)=O)c(C)c1.I. The highest BCUT2D eigenvalue weighted by atomic mass is 127. The van der Waals surface area contributed by atoms with Crippen LogP contribution < -0.4 is 16.0 Å². The molecule has 0 bridgehead atoms.